The Labute approximate surface area is 166 Å². The lowest BCUT2D eigenvalue weighted by atomic mass is 9.91. The molecule has 2 aliphatic heterocycles. The zero-order valence-electron chi connectivity index (χ0n) is 15.4. The molecule has 1 fully saturated rings. The highest BCUT2D eigenvalue weighted by atomic mass is 16.6. The number of esters is 1. The molecular weight excluding hydrogens is 370 g/mol. The number of ether oxygens (including phenoxy) is 2. The Balaban J connectivity index is 1.32. The van der Waals surface area contributed by atoms with Gasteiger partial charge in [0, 0.05) is 36.5 Å². The Morgan fingerprint density at radius 3 is 2.72 bits per heavy atom. The molecule has 0 N–H and O–H groups in total. The van der Waals surface area contributed by atoms with Gasteiger partial charge < -0.3 is 14.4 Å². The topological polar surface area (TPSA) is 81.6 Å². The summed E-state index contributed by atoms with van der Waals surface area (Å²) in [7, 11) is 0. The second-order valence-electron chi connectivity index (χ2n) is 7.08. The number of carbonyl (C=O) groups is 2. The van der Waals surface area contributed by atoms with E-state index in [9.17, 15) is 9.59 Å². The summed E-state index contributed by atoms with van der Waals surface area (Å²) in [4.78, 5) is 34.9. The summed E-state index contributed by atoms with van der Waals surface area (Å²) in [6, 6.07) is 14.3. The third-order valence-electron chi connectivity index (χ3n) is 5.31. The Bertz CT molecular complexity index is 1080. The molecule has 1 atom stereocenters. The highest BCUT2D eigenvalue weighted by molar-refractivity contribution is 5.96. The molecule has 0 radical (unpaired) electrons. The normalized spacial score (nSPS) is 19.9. The minimum atomic E-state index is -0.738. The molecule has 7 heteroatoms. The van der Waals surface area contributed by atoms with Gasteiger partial charge in [0.1, 0.15) is 5.75 Å². The molecule has 1 saturated heterocycles. The molecule has 144 valence electrons. The van der Waals surface area contributed by atoms with Gasteiger partial charge in [-0.3, -0.25) is 9.78 Å². The second kappa shape index (κ2) is 6.70. The minimum Gasteiger partial charge on any atom is -0.449 e. The van der Waals surface area contributed by atoms with Crippen molar-refractivity contribution in [2.45, 2.75) is 12.0 Å². The van der Waals surface area contributed by atoms with E-state index in [2.05, 4.69) is 9.97 Å². The molecule has 2 aliphatic rings. The number of rotatable bonds is 3. The Morgan fingerprint density at radius 1 is 1.10 bits per heavy atom. The van der Waals surface area contributed by atoms with Crippen molar-refractivity contribution in [3.05, 3.63) is 83.8 Å². The predicted molar refractivity (Wildman–Crippen MR) is 103 cm³/mol. The first-order valence-electron chi connectivity index (χ1n) is 9.31. The van der Waals surface area contributed by atoms with E-state index in [-0.39, 0.29) is 11.9 Å². The summed E-state index contributed by atoms with van der Waals surface area (Å²) >= 11 is 0. The Kier molecular flexibility index (Phi) is 4.01. The molecule has 29 heavy (non-hydrogen) atoms. The van der Waals surface area contributed by atoms with Crippen LogP contribution >= 0.6 is 0 Å². The molecule has 0 saturated carbocycles. The number of fused-ring (bicyclic) bond motifs is 2. The first kappa shape index (κ1) is 17.4. The first-order valence-corrected chi connectivity index (χ1v) is 9.31. The summed E-state index contributed by atoms with van der Waals surface area (Å²) in [5, 5.41) is 0. The van der Waals surface area contributed by atoms with Crippen LogP contribution in [-0.4, -0.2) is 39.8 Å². The van der Waals surface area contributed by atoms with E-state index in [1.165, 1.54) is 6.20 Å². The quantitative estimate of drug-likeness (QED) is 0.642. The van der Waals surface area contributed by atoms with Crippen LogP contribution in [0.2, 0.25) is 0 Å². The monoisotopic (exact) mass is 387 g/mol. The largest absolute Gasteiger partial charge is 0.449 e. The van der Waals surface area contributed by atoms with Crippen LogP contribution < -0.4 is 4.74 Å². The van der Waals surface area contributed by atoms with Crippen molar-refractivity contribution in [3.63, 3.8) is 0 Å². The fraction of sp³-hybridized carbons (Fsp3) is 0.182. The SMILES string of the molecule is O=C1OC2(CCN(C(=O)c3ccc(Oc4cnccn4)cc3)C2)c2ccccc21. The highest BCUT2D eigenvalue weighted by Gasteiger charge is 2.50. The molecule has 3 heterocycles. The van der Waals surface area contributed by atoms with Crippen LogP contribution in [-0.2, 0) is 10.3 Å². The van der Waals surface area contributed by atoms with Crippen molar-refractivity contribution in [1.82, 2.24) is 14.9 Å². The van der Waals surface area contributed by atoms with E-state index in [1.807, 2.05) is 18.2 Å². The lowest BCUT2D eigenvalue weighted by molar-refractivity contribution is -0.00306. The maximum Gasteiger partial charge on any atom is 0.339 e. The van der Waals surface area contributed by atoms with Crippen molar-refractivity contribution in [3.8, 4) is 11.6 Å². The molecule has 5 rings (SSSR count). The number of nitrogens with zero attached hydrogens (tertiary/aromatic N) is 3. The lowest BCUT2D eigenvalue weighted by Crippen LogP contribution is -2.34. The summed E-state index contributed by atoms with van der Waals surface area (Å²) in [6.07, 6.45) is 5.22. The highest BCUT2D eigenvalue weighted by Crippen LogP contribution is 2.43. The molecule has 0 aliphatic carbocycles. The summed E-state index contributed by atoms with van der Waals surface area (Å²) in [6.45, 7) is 0.880. The van der Waals surface area contributed by atoms with Crippen molar-refractivity contribution < 1.29 is 19.1 Å². The van der Waals surface area contributed by atoms with E-state index in [0.717, 1.165) is 5.56 Å². The van der Waals surface area contributed by atoms with Gasteiger partial charge in [-0.2, -0.15) is 0 Å². The van der Waals surface area contributed by atoms with Crippen LogP contribution in [0.4, 0.5) is 0 Å². The van der Waals surface area contributed by atoms with Crippen LogP contribution in [0.1, 0.15) is 32.7 Å². The fourth-order valence-corrected chi connectivity index (χ4v) is 3.91. The molecule has 0 bridgehead atoms. The van der Waals surface area contributed by atoms with Crippen LogP contribution in [0, 0.1) is 0 Å². The number of aromatic nitrogens is 2. The zero-order valence-corrected chi connectivity index (χ0v) is 15.4. The average molecular weight is 387 g/mol. The summed E-state index contributed by atoms with van der Waals surface area (Å²) in [5.74, 6) is 0.530. The third kappa shape index (κ3) is 3.00. The van der Waals surface area contributed by atoms with E-state index in [1.54, 1.807) is 47.6 Å². The molecule has 1 spiro atoms. The van der Waals surface area contributed by atoms with Crippen LogP contribution in [0.3, 0.4) is 0 Å². The van der Waals surface area contributed by atoms with Gasteiger partial charge in [0.05, 0.1) is 18.3 Å². The number of hydrogen-bond donors (Lipinski definition) is 0. The van der Waals surface area contributed by atoms with Crippen molar-refractivity contribution in [1.29, 1.82) is 0 Å². The second-order valence-corrected chi connectivity index (χ2v) is 7.08. The van der Waals surface area contributed by atoms with E-state index >= 15 is 0 Å². The molecule has 7 nitrogen and oxygen atoms in total. The van der Waals surface area contributed by atoms with Crippen molar-refractivity contribution >= 4 is 11.9 Å². The van der Waals surface area contributed by atoms with Gasteiger partial charge >= 0.3 is 5.97 Å². The molecule has 1 aromatic heterocycles. The maximum atomic E-state index is 13.0. The molecule has 1 amide bonds. The summed E-state index contributed by atoms with van der Waals surface area (Å²) < 4.78 is 11.3. The maximum absolute atomic E-state index is 13.0. The summed E-state index contributed by atoms with van der Waals surface area (Å²) in [5.41, 5.74) is 1.27. The number of benzene rings is 2. The Hall–Kier alpha value is -3.74. The van der Waals surface area contributed by atoms with Gasteiger partial charge in [-0.1, -0.05) is 18.2 Å². The minimum absolute atomic E-state index is 0.103. The smallest absolute Gasteiger partial charge is 0.339 e. The molecular formula is C22H17N3O4. The van der Waals surface area contributed by atoms with Crippen LogP contribution in [0.15, 0.2) is 67.1 Å². The van der Waals surface area contributed by atoms with E-state index in [4.69, 9.17) is 9.47 Å². The van der Waals surface area contributed by atoms with Gasteiger partial charge in [0.25, 0.3) is 5.91 Å². The average Bonchev–Trinajstić information content (AvgIpc) is 3.31. The number of carbonyl (C=O) groups excluding carboxylic acids is 2. The first-order chi connectivity index (χ1) is 14.1. The van der Waals surface area contributed by atoms with Crippen molar-refractivity contribution in [2.24, 2.45) is 0 Å². The Morgan fingerprint density at radius 2 is 1.93 bits per heavy atom. The van der Waals surface area contributed by atoms with Gasteiger partial charge in [0.2, 0.25) is 5.88 Å². The fourth-order valence-electron chi connectivity index (χ4n) is 3.91. The number of hydrogen-bond acceptors (Lipinski definition) is 6. The molecule has 1 unspecified atom stereocenters. The lowest BCUT2D eigenvalue weighted by Gasteiger charge is -2.24. The molecule has 3 aromatic rings. The predicted octanol–water partition coefficient (Wildman–Crippen LogP) is 3.18. The zero-order chi connectivity index (χ0) is 19.8. The standard InChI is InChI=1S/C22H17N3O4/c26-20(15-5-7-16(8-6-15)28-19-13-23-10-11-24-19)25-12-9-22(14-25)18-4-2-1-3-17(18)21(27)29-22/h1-8,10-11,13H,9,12,14H2. The number of likely N-dealkylation sites (tertiary alicyclic amines) is 1. The van der Waals surface area contributed by atoms with Crippen LogP contribution in [0.25, 0.3) is 0 Å². The van der Waals surface area contributed by atoms with Gasteiger partial charge in [-0.15, -0.1) is 0 Å². The van der Waals surface area contributed by atoms with Gasteiger partial charge in [-0.05, 0) is 30.3 Å². The van der Waals surface area contributed by atoms with Crippen molar-refractivity contribution in [2.75, 3.05) is 13.1 Å². The van der Waals surface area contributed by atoms with E-state index < -0.39 is 5.60 Å². The number of amides is 1. The van der Waals surface area contributed by atoms with Crippen LogP contribution in [0.5, 0.6) is 11.6 Å². The third-order valence-corrected chi connectivity index (χ3v) is 5.31. The van der Waals surface area contributed by atoms with E-state index in [0.29, 0.717) is 42.3 Å². The molecule has 2 aromatic carbocycles. The van der Waals surface area contributed by atoms with Gasteiger partial charge in [0.15, 0.2) is 5.60 Å². The van der Waals surface area contributed by atoms with Gasteiger partial charge in [-0.25, -0.2) is 9.78 Å².